The van der Waals surface area contributed by atoms with Gasteiger partial charge >= 0.3 is 0 Å². The van der Waals surface area contributed by atoms with Crippen LogP contribution in [0.1, 0.15) is 25.8 Å². The number of thiocarbonyl (C=S) groups is 1. The molecule has 0 spiro atoms. The fraction of sp³-hybridized carbons (Fsp3) is 0.200. The van der Waals surface area contributed by atoms with Crippen LogP contribution in [0.15, 0.2) is 54.6 Å². The van der Waals surface area contributed by atoms with E-state index in [1.807, 2.05) is 49.4 Å². The van der Waals surface area contributed by atoms with Crippen molar-refractivity contribution < 1.29 is 9.53 Å². The van der Waals surface area contributed by atoms with E-state index in [2.05, 4.69) is 17.6 Å². The lowest BCUT2D eigenvalue weighted by molar-refractivity contribution is -0.115. The fourth-order valence-electron chi connectivity index (χ4n) is 2.05. The van der Waals surface area contributed by atoms with Gasteiger partial charge in [0.25, 0.3) is 0 Å². The highest BCUT2D eigenvalue weighted by molar-refractivity contribution is 7.80. The minimum absolute atomic E-state index is 0.131. The molecule has 26 heavy (non-hydrogen) atoms. The molecule has 2 rings (SSSR count). The summed E-state index contributed by atoms with van der Waals surface area (Å²) in [6, 6.07) is 14.7. The molecular weight excluding hydrogens is 368 g/mol. The van der Waals surface area contributed by atoms with E-state index in [9.17, 15) is 4.79 Å². The average molecular weight is 389 g/mol. The molecule has 2 aromatic rings. The van der Waals surface area contributed by atoms with E-state index in [0.717, 1.165) is 23.4 Å². The summed E-state index contributed by atoms with van der Waals surface area (Å²) >= 11 is 11.2. The van der Waals surface area contributed by atoms with Crippen molar-refractivity contribution in [1.29, 1.82) is 0 Å². The van der Waals surface area contributed by atoms with Crippen molar-refractivity contribution in [1.82, 2.24) is 5.32 Å². The predicted molar refractivity (Wildman–Crippen MR) is 112 cm³/mol. The molecular formula is C20H21ClN2O2S. The molecule has 4 nitrogen and oxygen atoms in total. The largest absolute Gasteiger partial charge is 0.491 e. The maximum absolute atomic E-state index is 12.0. The summed E-state index contributed by atoms with van der Waals surface area (Å²) in [6.07, 6.45) is 4.08. The van der Waals surface area contributed by atoms with Crippen molar-refractivity contribution in [3.63, 3.8) is 0 Å². The third kappa shape index (κ3) is 6.50. The lowest BCUT2D eigenvalue weighted by atomic mass is 10.2. The Bertz CT molecular complexity index is 808. The normalized spacial score (nSPS) is 11.8. The number of benzene rings is 2. The predicted octanol–water partition coefficient (Wildman–Crippen LogP) is 5.04. The lowest BCUT2D eigenvalue weighted by Crippen LogP contribution is -2.32. The highest BCUT2D eigenvalue weighted by Crippen LogP contribution is 2.19. The van der Waals surface area contributed by atoms with E-state index >= 15 is 0 Å². The number of rotatable bonds is 6. The van der Waals surface area contributed by atoms with Gasteiger partial charge in [-0.15, -0.1) is 0 Å². The van der Waals surface area contributed by atoms with Crippen molar-refractivity contribution >= 4 is 46.6 Å². The maximum Gasteiger partial charge on any atom is 0.250 e. The first kappa shape index (κ1) is 19.9. The Morgan fingerprint density at radius 2 is 2.04 bits per heavy atom. The topological polar surface area (TPSA) is 50.4 Å². The fourth-order valence-corrected chi connectivity index (χ4v) is 2.47. The number of nitrogens with one attached hydrogen (secondary N) is 2. The summed E-state index contributed by atoms with van der Waals surface area (Å²) in [4.78, 5) is 12.0. The van der Waals surface area contributed by atoms with Crippen molar-refractivity contribution in [2.45, 2.75) is 26.4 Å². The number of anilines is 1. The molecule has 0 saturated heterocycles. The molecule has 0 aliphatic carbocycles. The molecule has 0 fully saturated rings. The number of carbonyl (C=O) groups is 1. The first-order valence-electron chi connectivity index (χ1n) is 8.29. The van der Waals surface area contributed by atoms with Gasteiger partial charge in [0.15, 0.2) is 5.11 Å². The standard InChI is InChI=1S/C20H21ClN2O2S/c1-3-14(2)25-17-9-6-8-16(13-17)22-20(26)23-19(24)12-11-15-7-4-5-10-18(15)21/h4-14H,3H2,1-2H3,(H2,22,23,24,26)/b12-11+. The molecule has 2 N–H and O–H groups in total. The Morgan fingerprint density at radius 1 is 1.27 bits per heavy atom. The smallest absolute Gasteiger partial charge is 0.250 e. The molecule has 0 aromatic heterocycles. The van der Waals surface area contributed by atoms with Crippen LogP contribution < -0.4 is 15.4 Å². The Balaban J connectivity index is 1.91. The van der Waals surface area contributed by atoms with E-state index in [0.29, 0.717) is 5.02 Å². The molecule has 1 atom stereocenters. The average Bonchev–Trinajstić information content (AvgIpc) is 2.61. The molecule has 0 radical (unpaired) electrons. The summed E-state index contributed by atoms with van der Waals surface area (Å²) < 4.78 is 5.77. The molecule has 0 heterocycles. The second-order valence-corrected chi connectivity index (χ2v) is 6.48. The number of halogens is 1. The second-order valence-electron chi connectivity index (χ2n) is 5.66. The van der Waals surface area contributed by atoms with Crippen LogP contribution in [0.3, 0.4) is 0 Å². The summed E-state index contributed by atoms with van der Waals surface area (Å²) in [6.45, 7) is 4.07. The van der Waals surface area contributed by atoms with Gasteiger partial charge in [-0.05, 0) is 55.4 Å². The maximum atomic E-state index is 12.0. The number of amides is 1. The van der Waals surface area contributed by atoms with Gasteiger partial charge in [0, 0.05) is 22.9 Å². The van der Waals surface area contributed by atoms with Crippen LogP contribution in [0.25, 0.3) is 6.08 Å². The lowest BCUT2D eigenvalue weighted by Gasteiger charge is -2.14. The van der Waals surface area contributed by atoms with Gasteiger partial charge in [-0.1, -0.05) is 42.8 Å². The molecule has 0 aliphatic heterocycles. The molecule has 1 unspecified atom stereocenters. The van der Waals surface area contributed by atoms with Crippen LogP contribution in [0.5, 0.6) is 5.75 Å². The minimum Gasteiger partial charge on any atom is -0.491 e. The highest BCUT2D eigenvalue weighted by atomic mass is 35.5. The van der Waals surface area contributed by atoms with Crippen molar-refractivity contribution in [2.75, 3.05) is 5.32 Å². The first-order chi connectivity index (χ1) is 12.5. The number of carbonyl (C=O) groups excluding carboxylic acids is 1. The molecule has 2 aromatic carbocycles. The van der Waals surface area contributed by atoms with Gasteiger partial charge in [0.05, 0.1) is 6.10 Å². The third-order valence-electron chi connectivity index (χ3n) is 3.56. The van der Waals surface area contributed by atoms with Crippen molar-refractivity contribution in [3.05, 3.63) is 65.2 Å². The van der Waals surface area contributed by atoms with Gasteiger partial charge in [-0.3, -0.25) is 10.1 Å². The third-order valence-corrected chi connectivity index (χ3v) is 4.11. The monoisotopic (exact) mass is 388 g/mol. The van der Waals surface area contributed by atoms with Crippen LogP contribution >= 0.6 is 23.8 Å². The zero-order chi connectivity index (χ0) is 18.9. The van der Waals surface area contributed by atoms with Gasteiger partial charge < -0.3 is 10.1 Å². The van der Waals surface area contributed by atoms with Crippen LogP contribution in [0.4, 0.5) is 5.69 Å². The number of hydrogen-bond donors (Lipinski definition) is 2. The summed E-state index contributed by atoms with van der Waals surface area (Å²) in [5.41, 5.74) is 1.50. The second kappa shape index (κ2) is 9.94. The van der Waals surface area contributed by atoms with E-state index < -0.39 is 0 Å². The summed E-state index contributed by atoms with van der Waals surface area (Å²) in [5, 5.41) is 6.36. The Labute approximate surface area is 164 Å². The quantitative estimate of drug-likeness (QED) is 0.537. The Hall–Kier alpha value is -2.37. The molecule has 136 valence electrons. The van der Waals surface area contributed by atoms with E-state index in [4.69, 9.17) is 28.6 Å². The molecule has 6 heteroatoms. The van der Waals surface area contributed by atoms with Crippen LogP contribution in [-0.4, -0.2) is 17.1 Å². The number of ether oxygens (including phenoxy) is 1. The van der Waals surface area contributed by atoms with Crippen LogP contribution in [0, 0.1) is 0 Å². The molecule has 1 amide bonds. The van der Waals surface area contributed by atoms with Gasteiger partial charge in [-0.25, -0.2) is 0 Å². The summed E-state index contributed by atoms with van der Waals surface area (Å²) in [7, 11) is 0. The van der Waals surface area contributed by atoms with Crippen molar-refractivity contribution in [2.24, 2.45) is 0 Å². The van der Waals surface area contributed by atoms with Crippen molar-refractivity contribution in [3.8, 4) is 5.75 Å². The molecule has 0 bridgehead atoms. The molecule has 0 aliphatic rings. The summed E-state index contributed by atoms with van der Waals surface area (Å²) in [5.74, 6) is 0.409. The highest BCUT2D eigenvalue weighted by Gasteiger charge is 2.05. The van der Waals surface area contributed by atoms with Gasteiger partial charge in [-0.2, -0.15) is 0 Å². The van der Waals surface area contributed by atoms with Gasteiger partial charge in [0.2, 0.25) is 5.91 Å². The van der Waals surface area contributed by atoms with E-state index in [1.54, 1.807) is 12.1 Å². The van der Waals surface area contributed by atoms with E-state index in [-0.39, 0.29) is 17.1 Å². The SMILES string of the molecule is CCC(C)Oc1cccc(NC(=S)NC(=O)/C=C/c2ccccc2Cl)c1. The zero-order valence-electron chi connectivity index (χ0n) is 14.7. The molecule has 0 saturated carbocycles. The van der Waals surface area contributed by atoms with E-state index in [1.165, 1.54) is 6.08 Å². The number of hydrogen-bond acceptors (Lipinski definition) is 3. The zero-order valence-corrected chi connectivity index (χ0v) is 16.2. The minimum atomic E-state index is -0.338. The van der Waals surface area contributed by atoms with Gasteiger partial charge in [0.1, 0.15) is 5.75 Å². The van der Waals surface area contributed by atoms with Crippen LogP contribution in [0.2, 0.25) is 5.02 Å². The Kier molecular flexibility index (Phi) is 7.63. The first-order valence-corrected chi connectivity index (χ1v) is 9.08. The van der Waals surface area contributed by atoms with Crippen LogP contribution in [-0.2, 0) is 4.79 Å². The Morgan fingerprint density at radius 3 is 2.77 bits per heavy atom.